The molecule has 1 aromatic carbocycles. The van der Waals surface area contributed by atoms with E-state index in [2.05, 4.69) is 20.4 Å². The number of halogens is 3. The van der Waals surface area contributed by atoms with E-state index in [-0.39, 0.29) is 17.8 Å². The molecule has 6 nitrogen and oxygen atoms in total. The number of nitrogens with one attached hydrogen (secondary N) is 1. The Morgan fingerprint density at radius 2 is 1.85 bits per heavy atom. The second-order valence-corrected chi connectivity index (χ2v) is 6.20. The predicted molar refractivity (Wildman–Crippen MR) is 97.0 cm³/mol. The zero-order valence-corrected chi connectivity index (χ0v) is 15.1. The summed E-state index contributed by atoms with van der Waals surface area (Å²) < 4.78 is 41.2. The first-order valence-electron chi connectivity index (χ1n) is 8.25. The molecule has 3 aromatic rings. The Kier molecular flexibility index (Phi) is 5.02. The maximum atomic E-state index is 13.2. The molecular weight excluding hydrogens is 357 g/mol. The van der Waals surface area contributed by atoms with Crippen LogP contribution in [0.2, 0.25) is 0 Å². The molecule has 0 saturated carbocycles. The fraction of sp³-hybridized carbons (Fsp3) is 0.278. The van der Waals surface area contributed by atoms with E-state index in [0.29, 0.717) is 0 Å². The van der Waals surface area contributed by atoms with E-state index < -0.39 is 11.9 Å². The summed E-state index contributed by atoms with van der Waals surface area (Å²) in [5.41, 5.74) is 0.687. The van der Waals surface area contributed by atoms with Crippen molar-refractivity contribution in [3.63, 3.8) is 0 Å². The van der Waals surface area contributed by atoms with Gasteiger partial charge < -0.3 is 10.2 Å². The molecule has 0 amide bonds. The summed E-state index contributed by atoms with van der Waals surface area (Å²) in [6.45, 7) is 1.83. The van der Waals surface area contributed by atoms with Gasteiger partial charge in [-0.25, -0.2) is 9.67 Å². The van der Waals surface area contributed by atoms with Crippen LogP contribution in [-0.2, 0) is 6.18 Å². The van der Waals surface area contributed by atoms with Crippen LogP contribution < -0.4 is 10.2 Å². The van der Waals surface area contributed by atoms with Crippen molar-refractivity contribution in [1.29, 1.82) is 0 Å². The van der Waals surface area contributed by atoms with E-state index in [1.165, 1.54) is 4.90 Å². The lowest BCUT2D eigenvalue weighted by Crippen LogP contribution is -2.19. The highest BCUT2D eigenvalue weighted by Crippen LogP contribution is 2.31. The molecule has 0 bridgehead atoms. The predicted octanol–water partition coefficient (Wildman–Crippen LogP) is 3.92. The summed E-state index contributed by atoms with van der Waals surface area (Å²) in [6.07, 6.45) is -1.09. The van der Waals surface area contributed by atoms with E-state index in [1.807, 2.05) is 31.2 Å². The topological polar surface area (TPSA) is 58.9 Å². The van der Waals surface area contributed by atoms with Crippen molar-refractivity contribution in [2.24, 2.45) is 0 Å². The Morgan fingerprint density at radius 3 is 2.48 bits per heavy atom. The normalized spacial score (nSPS) is 12.7. The third kappa shape index (κ3) is 4.18. The second kappa shape index (κ2) is 7.26. The van der Waals surface area contributed by atoms with E-state index in [9.17, 15) is 13.2 Å². The van der Waals surface area contributed by atoms with Gasteiger partial charge in [-0.05, 0) is 24.6 Å². The first-order valence-corrected chi connectivity index (χ1v) is 8.25. The molecule has 0 spiro atoms. The largest absolute Gasteiger partial charge is 0.433 e. The number of hydrogen-bond donors (Lipinski definition) is 1. The van der Waals surface area contributed by atoms with E-state index in [4.69, 9.17) is 0 Å². The molecular formula is C18H19F3N6. The van der Waals surface area contributed by atoms with E-state index in [0.717, 1.165) is 17.3 Å². The molecule has 0 aliphatic heterocycles. The smallest absolute Gasteiger partial charge is 0.363 e. The van der Waals surface area contributed by atoms with Gasteiger partial charge in [0.05, 0.1) is 11.7 Å². The average molecular weight is 376 g/mol. The third-order valence-electron chi connectivity index (χ3n) is 3.96. The number of para-hydroxylation sites is 1. The van der Waals surface area contributed by atoms with Gasteiger partial charge in [0.25, 0.3) is 0 Å². The molecule has 1 unspecified atom stereocenters. The highest BCUT2D eigenvalue weighted by Gasteiger charge is 2.34. The monoisotopic (exact) mass is 376 g/mol. The third-order valence-corrected chi connectivity index (χ3v) is 3.96. The Morgan fingerprint density at radius 1 is 1.11 bits per heavy atom. The SMILES string of the molecule is CC(Nc1nc(N(C)C)cc(C(F)(F)F)n1)c1ccccc1-n1cccn1. The zero-order chi connectivity index (χ0) is 19.6. The van der Waals surface area contributed by atoms with Crippen molar-refractivity contribution in [1.82, 2.24) is 19.7 Å². The summed E-state index contributed by atoms with van der Waals surface area (Å²) in [5.74, 6) is 0.0867. The second-order valence-electron chi connectivity index (χ2n) is 6.20. The summed E-state index contributed by atoms with van der Waals surface area (Å²) in [4.78, 5) is 9.34. The van der Waals surface area contributed by atoms with Crippen LogP contribution in [-0.4, -0.2) is 33.8 Å². The fourth-order valence-corrected chi connectivity index (χ4v) is 2.62. The van der Waals surface area contributed by atoms with Gasteiger partial charge in [-0.2, -0.15) is 23.3 Å². The molecule has 142 valence electrons. The van der Waals surface area contributed by atoms with Crippen LogP contribution in [0.5, 0.6) is 0 Å². The zero-order valence-electron chi connectivity index (χ0n) is 15.1. The number of aromatic nitrogens is 4. The Balaban J connectivity index is 1.95. The lowest BCUT2D eigenvalue weighted by molar-refractivity contribution is -0.141. The molecule has 1 N–H and O–H groups in total. The molecule has 27 heavy (non-hydrogen) atoms. The minimum absolute atomic E-state index is 0.0868. The van der Waals surface area contributed by atoms with Crippen LogP contribution >= 0.6 is 0 Å². The molecule has 0 fully saturated rings. The van der Waals surface area contributed by atoms with Crippen molar-refractivity contribution >= 4 is 11.8 Å². The number of benzene rings is 1. The van der Waals surface area contributed by atoms with Crippen LogP contribution in [0.4, 0.5) is 24.9 Å². The van der Waals surface area contributed by atoms with Crippen LogP contribution in [0.25, 0.3) is 5.69 Å². The van der Waals surface area contributed by atoms with Crippen LogP contribution in [0, 0.1) is 0 Å². The number of alkyl halides is 3. The van der Waals surface area contributed by atoms with E-state index in [1.54, 1.807) is 37.2 Å². The highest BCUT2D eigenvalue weighted by atomic mass is 19.4. The highest BCUT2D eigenvalue weighted by molar-refractivity contribution is 5.48. The van der Waals surface area contributed by atoms with Crippen LogP contribution in [0.1, 0.15) is 24.2 Å². The molecule has 1 atom stereocenters. The molecule has 0 aliphatic carbocycles. The fourth-order valence-electron chi connectivity index (χ4n) is 2.62. The summed E-state index contributed by atoms with van der Waals surface area (Å²) in [6, 6.07) is 9.89. The number of nitrogens with zero attached hydrogens (tertiary/aromatic N) is 5. The van der Waals surface area contributed by atoms with Gasteiger partial charge >= 0.3 is 6.18 Å². The molecule has 2 aromatic heterocycles. The lowest BCUT2D eigenvalue weighted by atomic mass is 10.1. The van der Waals surface area contributed by atoms with Gasteiger partial charge in [-0.1, -0.05) is 18.2 Å². The maximum Gasteiger partial charge on any atom is 0.433 e. The van der Waals surface area contributed by atoms with Gasteiger partial charge in [0.2, 0.25) is 5.95 Å². The van der Waals surface area contributed by atoms with Crippen LogP contribution in [0.3, 0.4) is 0 Å². The van der Waals surface area contributed by atoms with Crippen molar-refractivity contribution in [2.45, 2.75) is 19.1 Å². The summed E-state index contributed by atoms with van der Waals surface area (Å²) in [5, 5.41) is 7.20. The molecule has 2 heterocycles. The van der Waals surface area contributed by atoms with Gasteiger partial charge in [0, 0.05) is 32.6 Å². The molecule has 3 rings (SSSR count). The van der Waals surface area contributed by atoms with Gasteiger partial charge in [-0.15, -0.1) is 0 Å². The number of rotatable bonds is 5. The quantitative estimate of drug-likeness (QED) is 0.731. The number of anilines is 2. The summed E-state index contributed by atoms with van der Waals surface area (Å²) >= 11 is 0. The maximum absolute atomic E-state index is 13.2. The van der Waals surface area contributed by atoms with E-state index >= 15 is 0 Å². The Bertz CT molecular complexity index is 906. The molecule has 0 radical (unpaired) electrons. The van der Waals surface area contributed by atoms with Gasteiger partial charge in [0.15, 0.2) is 5.69 Å². The molecule has 9 heteroatoms. The van der Waals surface area contributed by atoms with Crippen LogP contribution in [0.15, 0.2) is 48.8 Å². The first-order chi connectivity index (χ1) is 12.8. The summed E-state index contributed by atoms with van der Waals surface area (Å²) in [7, 11) is 3.26. The molecule has 0 aliphatic rings. The van der Waals surface area contributed by atoms with Crippen molar-refractivity contribution in [3.05, 3.63) is 60.0 Å². The van der Waals surface area contributed by atoms with Crippen molar-refractivity contribution in [2.75, 3.05) is 24.3 Å². The van der Waals surface area contributed by atoms with Crippen molar-refractivity contribution < 1.29 is 13.2 Å². The van der Waals surface area contributed by atoms with Gasteiger partial charge in [-0.3, -0.25) is 0 Å². The Labute approximate surface area is 154 Å². The standard InChI is InChI=1S/C18H19F3N6/c1-12(13-7-4-5-8-14(13)27-10-6-9-22-27)23-17-24-15(18(19,20)21)11-16(25-17)26(2)3/h4-12H,1-3H3,(H,23,24,25). The minimum Gasteiger partial charge on any atom is -0.363 e. The number of hydrogen-bond acceptors (Lipinski definition) is 5. The average Bonchev–Trinajstić information content (AvgIpc) is 3.15. The Hall–Kier alpha value is -3.10. The molecule has 0 saturated heterocycles. The lowest BCUT2D eigenvalue weighted by Gasteiger charge is -2.20. The first kappa shape index (κ1) is 18.7. The van der Waals surface area contributed by atoms with Crippen molar-refractivity contribution in [3.8, 4) is 5.69 Å². The van der Waals surface area contributed by atoms with Gasteiger partial charge in [0.1, 0.15) is 5.82 Å². The minimum atomic E-state index is -4.56.